The molecule has 0 aliphatic rings. The molecule has 2 aromatic rings. The average Bonchev–Trinajstić information content (AvgIpc) is 2.65. The highest BCUT2D eigenvalue weighted by Gasteiger charge is 2.13. The number of ether oxygens (including phenoxy) is 1. The van der Waals surface area contributed by atoms with Crippen molar-refractivity contribution >= 4 is 23.2 Å². The third kappa shape index (κ3) is 5.81. The maximum atomic E-state index is 12.2. The van der Waals surface area contributed by atoms with Crippen molar-refractivity contribution in [2.45, 2.75) is 20.4 Å². The fourth-order valence-electron chi connectivity index (χ4n) is 2.45. The van der Waals surface area contributed by atoms with Gasteiger partial charge in [-0.15, -0.1) is 0 Å². The van der Waals surface area contributed by atoms with E-state index >= 15 is 0 Å². The van der Waals surface area contributed by atoms with E-state index in [-0.39, 0.29) is 24.0 Å². The molecule has 0 aromatic heterocycles. The Hall–Kier alpha value is -3.42. The van der Waals surface area contributed by atoms with Crippen LogP contribution in [0.4, 0.5) is 11.4 Å². The van der Waals surface area contributed by atoms with Crippen molar-refractivity contribution in [1.82, 2.24) is 4.90 Å². The largest absolute Gasteiger partial charge is 0.484 e. The standard InChI is InChI=1S/C19H21N3O5/c1-3-21(14(2)23)12-15-7-4-5-10-18(15)20-19(24)13-27-17-9-6-8-16(11-17)22(25)26/h4-11H,3,12-13H2,1-2H3,(H,20,24). The molecule has 0 saturated heterocycles. The number of hydrogen-bond acceptors (Lipinski definition) is 5. The highest BCUT2D eigenvalue weighted by molar-refractivity contribution is 5.92. The van der Waals surface area contributed by atoms with Gasteiger partial charge in [-0.1, -0.05) is 24.3 Å². The number of nitrogens with one attached hydrogen (secondary N) is 1. The van der Waals surface area contributed by atoms with Crippen LogP contribution in [0.15, 0.2) is 48.5 Å². The second-order valence-corrected chi connectivity index (χ2v) is 5.78. The molecule has 0 fully saturated rings. The lowest BCUT2D eigenvalue weighted by Crippen LogP contribution is -2.28. The number of non-ortho nitro benzene ring substituents is 1. The van der Waals surface area contributed by atoms with E-state index in [1.165, 1.54) is 25.1 Å². The molecule has 8 nitrogen and oxygen atoms in total. The zero-order chi connectivity index (χ0) is 19.8. The summed E-state index contributed by atoms with van der Waals surface area (Å²) in [5, 5.41) is 13.5. The quantitative estimate of drug-likeness (QED) is 0.568. The summed E-state index contributed by atoms with van der Waals surface area (Å²) in [4.78, 5) is 35.7. The number of rotatable bonds is 8. The molecular weight excluding hydrogens is 350 g/mol. The Kier molecular flexibility index (Phi) is 6.87. The van der Waals surface area contributed by atoms with Crippen molar-refractivity contribution in [2.24, 2.45) is 0 Å². The van der Waals surface area contributed by atoms with Gasteiger partial charge >= 0.3 is 0 Å². The van der Waals surface area contributed by atoms with Crippen LogP contribution < -0.4 is 10.1 Å². The predicted octanol–water partition coefficient (Wildman–Crippen LogP) is 2.98. The van der Waals surface area contributed by atoms with Gasteiger partial charge in [0.15, 0.2) is 6.61 Å². The Labute approximate surface area is 156 Å². The molecule has 2 rings (SSSR count). The Morgan fingerprint density at radius 3 is 2.59 bits per heavy atom. The summed E-state index contributed by atoms with van der Waals surface area (Å²) in [6.07, 6.45) is 0. The van der Waals surface area contributed by atoms with Crippen LogP contribution in [0, 0.1) is 10.1 Å². The molecule has 0 aliphatic heterocycles. The SMILES string of the molecule is CCN(Cc1ccccc1NC(=O)COc1cccc([N+](=O)[O-])c1)C(C)=O. The molecule has 0 aliphatic carbocycles. The first-order valence-electron chi connectivity index (χ1n) is 8.41. The lowest BCUT2D eigenvalue weighted by atomic mass is 10.1. The van der Waals surface area contributed by atoms with E-state index in [1.807, 2.05) is 19.1 Å². The van der Waals surface area contributed by atoms with Gasteiger partial charge in [0.05, 0.1) is 11.0 Å². The van der Waals surface area contributed by atoms with Gasteiger partial charge in [0.1, 0.15) is 5.75 Å². The lowest BCUT2D eigenvalue weighted by molar-refractivity contribution is -0.384. The maximum absolute atomic E-state index is 12.2. The van der Waals surface area contributed by atoms with Gasteiger partial charge in [-0.3, -0.25) is 19.7 Å². The molecule has 27 heavy (non-hydrogen) atoms. The van der Waals surface area contributed by atoms with Gasteiger partial charge in [-0.05, 0) is 24.6 Å². The summed E-state index contributed by atoms with van der Waals surface area (Å²) in [6, 6.07) is 12.8. The van der Waals surface area contributed by atoms with E-state index < -0.39 is 10.8 Å². The van der Waals surface area contributed by atoms with Crippen molar-refractivity contribution in [3.63, 3.8) is 0 Å². The topological polar surface area (TPSA) is 102 Å². The van der Waals surface area contributed by atoms with Gasteiger partial charge in [-0.25, -0.2) is 0 Å². The van der Waals surface area contributed by atoms with Crippen LogP contribution in [-0.2, 0) is 16.1 Å². The van der Waals surface area contributed by atoms with E-state index in [0.717, 1.165) is 5.56 Å². The molecule has 0 unspecified atom stereocenters. The second-order valence-electron chi connectivity index (χ2n) is 5.78. The summed E-state index contributed by atoms with van der Waals surface area (Å²) in [5.74, 6) is -0.214. The van der Waals surface area contributed by atoms with Crippen molar-refractivity contribution in [3.8, 4) is 5.75 Å². The third-order valence-corrected chi connectivity index (χ3v) is 3.88. The van der Waals surface area contributed by atoms with E-state index in [9.17, 15) is 19.7 Å². The number of carbonyl (C=O) groups is 2. The first-order chi connectivity index (χ1) is 12.9. The third-order valence-electron chi connectivity index (χ3n) is 3.88. The highest BCUT2D eigenvalue weighted by Crippen LogP contribution is 2.20. The van der Waals surface area contributed by atoms with E-state index in [0.29, 0.717) is 18.8 Å². The van der Waals surface area contributed by atoms with Crippen LogP contribution >= 0.6 is 0 Å². The molecule has 0 spiro atoms. The monoisotopic (exact) mass is 371 g/mol. The summed E-state index contributed by atoms with van der Waals surface area (Å²) < 4.78 is 5.33. The van der Waals surface area contributed by atoms with Gasteiger partial charge in [-0.2, -0.15) is 0 Å². The molecular formula is C19H21N3O5. The molecule has 0 saturated carbocycles. The van der Waals surface area contributed by atoms with Gasteiger partial charge in [0, 0.05) is 31.8 Å². The van der Waals surface area contributed by atoms with Crippen molar-refractivity contribution < 1.29 is 19.2 Å². The number of nitrogens with zero attached hydrogens (tertiary/aromatic N) is 2. The van der Waals surface area contributed by atoms with Crippen LogP contribution in [0.3, 0.4) is 0 Å². The number of carbonyl (C=O) groups excluding carboxylic acids is 2. The van der Waals surface area contributed by atoms with Crippen LogP contribution in [0.25, 0.3) is 0 Å². The number of anilines is 1. The highest BCUT2D eigenvalue weighted by atomic mass is 16.6. The number of para-hydroxylation sites is 1. The Bertz CT molecular complexity index is 838. The van der Waals surface area contributed by atoms with Gasteiger partial charge < -0.3 is 15.0 Å². The molecule has 2 aromatic carbocycles. The van der Waals surface area contributed by atoms with Crippen molar-refractivity contribution in [3.05, 3.63) is 64.2 Å². The number of hydrogen-bond donors (Lipinski definition) is 1. The summed E-state index contributed by atoms with van der Waals surface area (Å²) >= 11 is 0. The first-order valence-corrected chi connectivity index (χ1v) is 8.41. The van der Waals surface area contributed by atoms with Crippen LogP contribution in [0.5, 0.6) is 5.75 Å². The first kappa shape index (κ1) is 19.9. The molecule has 8 heteroatoms. The fourth-order valence-corrected chi connectivity index (χ4v) is 2.45. The number of nitro groups is 1. The zero-order valence-corrected chi connectivity index (χ0v) is 15.2. The Morgan fingerprint density at radius 1 is 1.19 bits per heavy atom. The van der Waals surface area contributed by atoms with Gasteiger partial charge in [0.2, 0.25) is 5.91 Å². The van der Waals surface area contributed by atoms with Crippen molar-refractivity contribution in [1.29, 1.82) is 0 Å². The summed E-state index contributed by atoms with van der Waals surface area (Å²) in [7, 11) is 0. The second kappa shape index (κ2) is 9.33. The molecule has 0 bridgehead atoms. The van der Waals surface area contributed by atoms with Crippen LogP contribution in [0.2, 0.25) is 0 Å². The Morgan fingerprint density at radius 2 is 1.93 bits per heavy atom. The van der Waals surface area contributed by atoms with E-state index in [2.05, 4.69) is 5.32 Å². The Balaban J connectivity index is 2.01. The number of nitro benzene ring substituents is 1. The van der Waals surface area contributed by atoms with Crippen LogP contribution in [-0.4, -0.2) is 34.8 Å². The van der Waals surface area contributed by atoms with Gasteiger partial charge in [0.25, 0.3) is 11.6 Å². The summed E-state index contributed by atoms with van der Waals surface area (Å²) in [6.45, 7) is 4.04. The summed E-state index contributed by atoms with van der Waals surface area (Å²) in [5.41, 5.74) is 1.28. The van der Waals surface area contributed by atoms with E-state index in [1.54, 1.807) is 23.1 Å². The lowest BCUT2D eigenvalue weighted by Gasteiger charge is -2.21. The minimum Gasteiger partial charge on any atom is -0.484 e. The van der Waals surface area contributed by atoms with E-state index in [4.69, 9.17) is 4.74 Å². The fraction of sp³-hybridized carbons (Fsp3) is 0.263. The minimum atomic E-state index is -0.530. The molecule has 2 amide bonds. The van der Waals surface area contributed by atoms with Crippen LogP contribution in [0.1, 0.15) is 19.4 Å². The minimum absolute atomic E-state index is 0.0485. The number of benzene rings is 2. The molecule has 0 heterocycles. The maximum Gasteiger partial charge on any atom is 0.273 e. The normalized spacial score (nSPS) is 10.1. The smallest absolute Gasteiger partial charge is 0.273 e. The number of amides is 2. The molecule has 1 N–H and O–H groups in total. The zero-order valence-electron chi connectivity index (χ0n) is 15.2. The molecule has 142 valence electrons. The predicted molar refractivity (Wildman–Crippen MR) is 100 cm³/mol. The molecule has 0 radical (unpaired) electrons. The molecule has 0 atom stereocenters. The average molecular weight is 371 g/mol. The van der Waals surface area contributed by atoms with Crippen molar-refractivity contribution in [2.75, 3.05) is 18.5 Å².